The van der Waals surface area contributed by atoms with E-state index in [9.17, 15) is 0 Å². The first-order valence-electron chi connectivity index (χ1n) is 9.85. The summed E-state index contributed by atoms with van der Waals surface area (Å²) in [4.78, 5) is 7.00. The van der Waals surface area contributed by atoms with Crippen LogP contribution in [0.5, 0.6) is 0 Å². The molecule has 0 saturated carbocycles. The van der Waals surface area contributed by atoms with Crippen LogP contribution in [0.25, 0.3) is 20.9 Å². The summed E-state index contributed by atoms with van der Waals surface area (Å²) in [7, 11) is 0. The molecule has 29 heavy (non-hydrogen) atoms. The monoisotopic (exact) mass is 373 g/mol. The first-order valence-corrected chi connectivity index (χ1v) is 9.85. The molecule has 2 aliphatic carbocycles. The molecule has 3 aromatic rings. The van der Waals surface area contributed by atoms with Crippen LogP contribution < -0.4 is 0 Å². The van der Waals surface area contributed by atoms with Gasteiger partial charge in [-0.25, -0.2) is 4.85 Å². The van der Waals surface area contributed by atoms with Gasteiger partial charge in [-0.1, -0.05) is 54.6 Å². The van der Waals surface area contributed by atoms with Crippen molar-refractivity contribution in [3.8, 4) is 11.1 Å². The van der Waals surface area contributed by atoms with Crippen LogP contribution in [0, 0.1) is 18.6 Å². The molecule has 1 atom stereocenters. The highest BCUT2D eigenvalue weighted by atomic mass is 15.2. The Morgan fingerprint density at radius 3 is 2.41 bits per heavy atom. The fourth-order valence-corrected chi connectivity index (χ4v) is 4.98. The second kappa shape index (κ2) is 6.73. The van der Waals surface area contributed by atoms with Gasteiger partial charge in [0.15, 0.2) is 5.69 Å². The topological polar surface area (TPSA) is 21.1 Å². The highest BCUT2D eigenvalue weighted by molar-refractivity contribution is 6.10. The van der Waals surface area contributed by atoms with Gasteiger partial charge in [0.1, 0.15) is 5.71 Å². The molecular weight excluding hydrogens is 354 g/mol. The van der Waals surface area contributed by atoms with Crippen LogP contribution in [0.15, 0.2) is 71.8 Å². The van der Waals surface area contributed by atoms with Crippen molar-refractivity contribution < 1.29 is 0 Å². The molecule has 5 rings (SSSR count). The SMILES string of the molecule is [C-]#[N+]/N=C1\c2cc(-c3cccc([N+]#[C-])c3)ccc2CC12CCc1ccccc1C2. The Labute approximate surface area is 171 Å². The van der Waals surface area contributed by atoms with Crippen LogP contribution in [0.2, 0.25) is 0 Å². The van der Waals surface area contributed by atoms with Crippen LogP contribution >= 0.6 is 0 Å². The van der Waals surface area contributed by atoms with Crippen LogP contribution in [-0.2, 0) is 19.3 Å². The van der Waals surface area contributed by atoms with Gasteiger partial charge in [0, 0.05) is 11.0 Å². The molecule has 0 heterocycles. The summed E-state index contributed by atoms with van der Waals surface area (Å²) in [6.07, 6.45) is 3.93. The number of aryl methyl sites for hydroxylation is 1. The molecule has 0 saturated heterocycles. The number of benzene rings is 3. The van der Waals surface area contributed by atoms with Gasteiger partial charge in [0.05, 0.1) is 11.7 Å². The summed E-state index contributed by atoms with van der Waals surface area (Å²) in [5.74, 6) is 0. The van der Waals surface area contributed by atoms with Crippen LogP contribution in [0.4, 0.5) is 5.69 Å². The van der Waals surface area contributed by atoms with Crippen molar-refractivity contribution in [1.29, 1.82) is 0 Å². The molecule has 0 aromatic heterocycles. The van der Waals surface area contributed by atoms with E-state index in [-0.39, 0.29) is 5.41 Å². The van der Waals surface area contributed by atoms with Crippen LogP contribution in [0.3, 0.4) is 0 Å². The predicted octanol–water partition coefficient (Wildman–Crippen LogP) is 6.26. The van der Waals surface area contributed by atoms with E-state index in [2.05, 4.69) is 57.4 Å². The first kappa shape index (κ1) is 17.4. The summed E-state index contributed by atoms with van der Waals surface area (Å²) >= 11 is 0. The predicted molar refractivity (Wildman–Crippen MR) is 116 cm³/mol. The fraction of sp³-hybridized carbons (Fsp3) is 0.192. The van der Waals surface area contributed by atoms with E-state index in [0.29, 0.717) is 5.69 Å². The zero-order valence-corrected chi connectivity index (χ0v) is 16.0. The molecule has 3 aromatic carbocycles. The summed E-state index contributed by atoms with van der Waals surface area (Å²) in [6.45, 7) is 14.7. The maximum atomic E-state index is 7.43. The lowest BCUT2D eigenvalue weighted by atomic mass is 9.69. The zero-order chi connectivity index (χ0) is 19.8. The standard InChI is InChI=1S/C26H19N3/c1-27-23-9-5-8-19(14-23)20-10-11-22-17-26(25(29-28-2)24(22)15-20)13-12-18-6-3-4-7-21(18)16-26/h3-11,14-15H,12-13,16-17H2/b29-25+. The maximum absolute atomic E-state index is 7.43. The lowest BCUT2D eigenvalue weighted by Gasteiger charge is -2.34. The van der Waals surface area contributed by atoms with E-state index in [0.717, 1.165) is 48.1 Å². The van der Waals surface area contributed by atoms with Crippen molar-refractivity contribution >= 4 is 11.4 Å². The Morgan fingerprint density at radius 1 is 0.793 bits per heavy atom. The van der Waals surface area contributed by atoms with Crippen LogP contribution in [-0.4, -0.2) is 5.71 Å². The fourth-order valence-electron chi connectivity index (χ4n) is 4.98. The Balaban J connectivity index is 1.60. The van der Waals surface area contributed by atoms with Gasteiger partial charge in [-0.2, -0.15) is 6.57 Å². The molecule has 0 bridgehead atoms. The molecule has 138 valence electrons. The van der Waals surface area contributed by atoms with E-state index < -0.39 is 0 Å². The Morgan fingerprint density at radius 2 is 1.59 bits per heavy atom. The van der Waals surface area contributed by atoms with E-state index in [1.165, 1.54) is 16.7 Å². The molecular formula is C26H19N3. The Hall–Kier alpha value is -3.69. The molecule has 0 aliphatic heterocycles. The van der Waals surface area contributed by atoms with E-state index in [1.807, 2.05) is 24.3 Å². The number of hydrogen-bond acceptors (Lipinski definition) is 1. The Bertz CT molecular complexity index is 1240. The minimum atomic E-state index is -0.0851. The van der Waals surface area contributed by atoms with Crippen LogP contribution in [0.1, 0.15) is 28.7 Å². The highest BCUT2D eigenvalue weighted by Crippen LogP contribution is 2.47. The van der Waals surface area contributed by atoms with E-state index in [4.69, 9.17) is 13.1 Å². The van der Waals surface area contributed by atoms with Gasteiger partial charge < -0.3 is 0 Å². The normalized spacial score (nSPS) is 20.7. The van der Waals surface area contributed by atoms with Gasteiger partial charge in [-0.15, -0.1) is 4.95 Å². The molecule has 2 aliphatic rings. The summed E-state index contributed by atoms with van der Waals surface area (Å²) < 4.78 is 0. The molecule has 3 heteroatoms. The van der Waals surface area contributed by atoms with Crippen molar-refractivity contribution in [3.63, 3.8) is 0 Å². The van der Waals surface area contributed by atoms with Gasteiger partial charge in [-0.05, 0) is 65.6 Å². The lowest BCUT2D eigenvalue weighted by molar-refractivity contribution is 0.372. The van der Waals surface area contributed by atoms with E-state index >= 15 is 0 Å². The molecule has 3 nitrogen and oxygen atoms in total. The largest absolute Gasteiger partial charge is 0.238 e. The number of nitrogens with zero attached hydrogens (tertiary/aromatic N) is 3. The second-order valence-electron chi connectivity index (χ2n) is 7.99. The second-order valence-corrected chi connectivity index (χ2v) is 7.99. The lowest BCUT2D eigenvalue weighted by Crippen LogP contribution is -2.35. The molecule has 0 fully saturated rings. The average molecular weight is 373 g/mol. The third-order valence-electron chi connectivity index (χ3n) is 6.37. The van der Waals surface area contributed by atoms with Gasteiger partial charge in [0.2, 0.25) is 0 Å². The van der Waals surface area contributed by atoms with Gasteiger partial charge >= 0.3 is 0 Å². The third-order valence-corrected chi connectivity index (χ3v) is 6.37. The summed E-state index contributed by atoms with van der Waals surface area (Å²) in [5.41, 5.74) is 8.78. The van der Waals surface area contributed by atoms with Crippen molar-refractivity contribution in [2.24, 2.45) is 10.5 Å². The molecule has 1 unspecified atom stereocenters. The van der Waals surface area contributed by atoms with E-state index in [1.54, 1.807) is 0 Å². The van der Waals surface area contributed by atoms with Crippen molar-refractivity contribution in [3.05, 3.63) is 112 Å². The minimum Gasteiger partial charge on any atom is -0.238 e. The maximum Gasteiger partial charge on any atom is 0.187 e. The summed E-state index contributed by atoms with van der Waals surface area (Å²) in [5, 5.41) is 4.34. The molecule has 0 amide bonds. The smallest absolute Gasteiger partial charge is 0.187 e. The Kier molecular flexibility index (Phi) is 4.04. The number of hydrogen-bond donors (Lipinski definition) is 0. The molecule has 0 radical (unpaired) electrons. The summed E-state index contributed by atoms with van der Waals surface area (Å²) in [6, 6.07) is 22.8. The molecule has 0 N–H and O–H groups in total. The third kappa shape index (κ3) is 2.84. The highest BCUT2D eigenvalue weighted by Gasteiger charge is 2.47. The van der Waals surface area contributed by atoms with Crippen molar-refractivity contribution in [1.82, 2.24) is 0 Å². The van der Waals surface area contributed by atoms with Gasteiger partial charge in [-0.3, -0.25) is 0 Å². The number of rotatable bonds is 1. The van der Waals surface area contributed by atoms with Crippen molar-refractivity contribution in [2.75, 3.05) is 0 Å². The average Bonchev–Trinajstić information content (AvgIpc) is 3.06. The molecule has 1 spiro atoms. The van der Waals surface area contributed by atoms with Crippen molar-refractivity contribution in [2.45, 2.75) is 25.7 Å². The first-order chi connectivity index (χ1) is 14.2. The van der Waals surface area contributed by atoms with Gasteiger partial charge in [0.25, 0.3) is 0 Å². The zero-order valence-electron chi connectivity index (χ0n) is 16.0. The quantitative estimate of drug-likeness (QED) is 0.355. The minimum absolute atomic E-state index is 0.0851. The number of fused-ring (bicyclic) bond motifs is 2.